The summed E-state index contributed by atoms with van der Waals surface area (Å²) in [4.78, 5) is 15.8. The van der Waals surface area contributed by atoms with Crippen LogP contribution in [-0.4, -0.2) is 11.0 Å². The van der Waals surface area contributed by atoms with Crippen molar-refractivity contribution < 1.29 is 9.53 Å². The van der Waals surface area contributed by atoms with Crippen LogP contribution in [0.15, 0.2) is 30.3 Å². The van der Waals surface area contributed by atoms with Crippen LogP contribution >= 0.6 is 34.8 Å². The molecule has 0 saturated carbocycles. The lowest BCUT2D eigenvalue weighted by Gasteiger charge is -2.07. The molecule has 1 aromatic heterocycles. The van der Waals surface area contributed by atoms with Gasteiger partial charge in [0.25, 0.3) is 0 Å². The molecule has 0 aliphatic rings. The maximum Gasteiger partial charge on any atom is 0.364 e. The van der Waals surface area contributed by atoms with E-state index in [0.717, 1.165) is 5.56 Å². The van der Waals surface area contributed by atoms with Gasteiger partial charge in [0.2, 0.25) is 0 Å². The van der Waals surface area contributed by atoms with Crippen LogP contribution in [0.1, 0.15) is 16.1 Å². The predicted octanol–water partition coefficient (Wildman–Crippen LogP) is 4.57. The standard InChI is InChI=1S/C13H8Cl3NO2/c1-7-2-3-8(14)10(6-7)19-13(18)12-9(15)4-5-11(16)17-12/h2-6H,1H3. The fraction of sp³-hybridized carbons (Fsp3) is 0.0769. The zero-order chi connectivity index (χ0) is 14.0. The molecule has 1 heterocycles. The van der Waals surface area contributed by atoms with Crippen LogP contribution in [0.3, 0.4) is 0 Å². The van der Waals surface area contributed by atoms with E-state index >= 15 is 0 Å². The minimum Gasteiger partial charge on any atom is -0.420 e. The van der Waals surface area contributed by atoms with Crippen LogP contribution in [0.5, 0.6) is 5.75 Å². The van der Waals surface area contributed by atoms with Crippen molar-refractivity contribution in [3.63, 3.8) is 0 Å². The van der Waals surface area contributed by atoms with Crippen molar-refractivity contribution in [1.82, 2.24) is 4.98 Å². The number of carbonyl (C=O) groups is 1. The van der Waals surface area contributed by atoms with Crippen LogP contribution in [0.2, 0.25) is 15.2 Å². The van der Waals surface area contributed by atoms with Crippen LogP contribution in [0, 0.1) is 6.92 Å². The van der Waals surface area contributed by atoms with Gasteiger partial charge in [-0.1, -0.05) is 40.9 Å². The highest BCUT2D eigenvalue weighted by molar-refractivity contribution is 6.34. The number of hydrogen-bond acceptors (Lipinski definition) is 3. The molecule has 0 unspecified atom stereocenters. The minimum absolute atomic E-state index is 0.0493. The monoisotopic (exact) mass is 315 g/mol. The van der Waals surface area contributed by atoms with Gasteiger partial charge in [-0.25, -0.2) is 9.78 Å². The molecule has 98 valence electrons. The van der Waals surface area contributed by atoms with E-state index in [1.165, 1.54) is 12.1 Å². The highest BCUT2D eigenvalue weighted by Crippen LogP contribution is 2.27. The number of hydrogen-bond donors (Lipinski definition) is 0. The van der Waals surface area contributed by atoms with Gasteiger partial charge in [0.05, 0.1) is 10.0 Å². The molecule has 0 saturated heterocycles. The highest BCUT2D eigenvalue weighted by Gasteiger charge is 2.17. The van der Waals surface area contributed by atoms with Gasteiger partial charge >= 0.3 is 5.97 Å². The Morgan fingerprint density at radius 2 is 1.79 bits per heavy atom. The van der Waals surface area contributed by atoms with Gasteiger partial charge in [0.15, 0.2) is 5.69 Å². The van der Waals surface area contributed by atoms with Gasteiger partial charge in [0.1, 0.15) is 10.9 Å². The second kappa shape index (κ2) is 5.78. The molecule has 6 heteroatoms. The summed E-state index contributed by atoms with van der Waals surface area (Å²) in [5.41, 5.74) is 0.865. The Morgan fingerprint density at radius 3 is 2.53 bits per heavy atom. The average molecular weight is 317 g/mol. The van der Waals surface area contributed by atoms with E-state index in [2.05, 4.69) is 4.98 Å². The van der Waals surface area contributed by atoms with E-state index in [4.69, 9.17) is 39.5 Å². The van der Waals surface area contributed by atoms with Crippen molar-refractivity contribution >= 4 is 40.8 Å². The number of halogens is 3. The Labute approximate surface area is 125 Å². The number of pyridine rings is 1. The quantitative estimate of drug-likeness (QED) is 0.463. The second-order valence-electron chi connectivity index (χ2n) is 3.79. The lowest BCUT2D eigenvalue weighted by Crippen LogP contribution is -2.11. The van der Waals surface area contributed by atoms with E-state index in [1.54, 1.807) is 12.1 Å². The van der Waals surface area contributed by atoms with Gasteiger partial charge in [0, 0.05) is 0 Å². The topological polar surface area (TPSA) is 39.2 Å². The number of nitrogens with zero attached hydrogens (tertiary/aromatic N) is 1. The number of esters is 1. The number of aryl methyl sites for hydroxylation is 1. The lowest BCUT2D eigenvalue weighted by molar-refractivity contribution is 0.0729. The number of ether oxygens (including phenoxy) is 1. The molecule has 19 heavy (non-hydrogen) atoms. The Morgan fingerprint density at radius 1 is 1.11 bits per heavy atom. The summed E-state index contributed by atoms with van der Waals surface area (Å²) in [5, 5.41) is 0.655. The molecule has 2 aromatic rings. The van der Waals surface area contributed by atoms with Gasteiger partial charge in [-0.2, -0.15) is 0 Å². The summed E-state index contributed by atoms with van der Waals surface area (Å²) in [6.07, 6.45) is 0. The summed E-state index contributed by atoms with van der Waals surface area (Å²) in [7, 11) is 0. The van der Waals surface area contributed by atoms with Gasteiger partial charge in [-0.15, -0.1) is 0 Å². The maximum atomic E-state index is 12.0. The lowest BCUT2D eigenvalue weighted by atomic mass is 10.2. The van der Waals surface area contributed by atoms with E-state index in [0.29, 0.717) is 5.02 Å². The summed E-state index contributed by atoms with van der Waals surface area (Å²) in [6, 6.07) is 8.07. The summed E-state index contributed by atoms with van der Waals surface area (Å²) >= 11 is 17.5. The molecule has 0 fully saturated rings. The molecule has 0 N–H and O–H groups in total. The van der Waals surface area contributed by atoms with Gasteiger partial charge in [-0.3, -0.25) is 0 Å². The van der Waals surface area contributed by atoms with E-state index in [9.17, 15) is 4.79 Å². The molecule has 0 aliphatic carbocycles. The zero-order valence-electron chi connectivity index (χ0n) is 9.78. The molecule has 0 bridgehead atoms. The van der Waals surface area contributed by atoms with Crippen molar-refractivity contribution in [3.05, 3.63) is 56.8 Å². The first-order valence-electron chi connectivity index (χ1n) is 5.28. The number of rotatable bonds is 2. The van der Waals surface area contributed by atoms with Crippen molar-refractivity contribution in [2.45, 2.75) is 6.92 Å². The van der Waals surface area contributed by atoms with Crippen molar-refractivity contribution in [1.29, 1.82) is 0 Å². The molecule has 0 radical (unpaired) electrons. The third-order valence-electron chi connectivity index (χ3n) is 2.29. The fourth-order valence-corrected chi connectivity index (χ4v) is 1.88. The Hall–Kier alpha value is -1.29. The summed E-state index contributed by atoms with van der Waals surface area (Å²) in [5.74, 6) is -0.454. The van der Waals surface area contributed by atoms with Crippen LogP contribution in [0.25, 0.3) is 0 Å². The Balaban J connectivity index is 2.30. The van der Waals surface area contributed by atoms with Crippen LogP contribution < -0.4 is 4.74 Å². The molecule has 1 aromatic carbocycles. The third kappa shape index (κ3) is 3.38. The van der Waals surface area contributed by atoms with Crippen molar-refractivity contribution in [2.75, 3.05) is 0 Å². The maximum absolute atomic E-state index is 12.0. The minimum atomic E-state index is -0.708. The molecule has 0 aliphatic heterocycles. The van der Waals surface area contributed by atoms with E-state index in [-0.39, 0.29) is 21.6 Å². The first kappa shape index (κ1) is 14.1. The molecule has 0 atom stereocenters. The van der Waals surface area contributed by atoms with Crippen molar-refractivity contribution in [2.24, 2.45) is 0 Å². The Kier molecular flexibility index (Phi) is 4.30. The van der Waals surface area contributed by atoms with Crippen LogP contribution in [-0.2, 0) is 0 Å². The SMILES string of the molecule is Cc1ccc(Cl)c(OC(=O)c2nc(Cl)ccc2Cl)c1. The first-order valence-corrected chi connectivity index (χ1v) is 6.41. The third-order valence-corrected chi connectivity index (χ3v) is 3.12. The normalized spacial score (nSPS) is 10.3. The second-order valence-corrected chi connectivity index (χ2v) is 4.99. The number of carbonyl (C=O) groups excluding carboxylic acids is 1. The number of benzene rings is 1. The van der Waals surface area contributed by atoms with E-state index < -0.39 is 5.97 Å². The largest absolute Gasteiger partial charge is 0.420 e. The van der Waals surface area contributed by atoms with E-state index in [1.807, 2.05) is 13.0 Å². The molecule has 2 rings (SSSR count). The smallest absolute Gasteiger partial charge is 0.364 e. The van der Waals surface area contributed by atoms with Crippen LogP contribution in [0.4, 0.5) is 0 Å². The molecule has 3 nitrogen and oxygen atoms in total. The molecular weight excluding hydrogens is 309 g/mol. The predicted molar refractivity (Wildman–Crippen MR) is 75.4 cm³/mol. The molecule has 0 amide bonds. The van der Waals surface area contributed by atoms with Crippen molar-refractivity contribution in [3.8, 4) is 5.75 Å². The first-order chi connectivity index (χ1) is 8.97. The van der Waals surface area contributed by atoms with Gasteiger partial charge in [-0.05, 0) is 36.8 Å². The summed E-state index contributed by atoms with van der Waals surface area (Å²) < 4.78 is 5.17. The van der Waals surface area contributed by atoms with Gasteiger partial charge < -0.3 is 4.74 Å². The Bertz CT molecular complexity index is 644. The fourth-order valence-electron chi connectivity index (χ4n) is 1.40. The number of aromatic nitrogens is 1. The highest BCUT2D eigenvalue weighted by atomic mass is 35.5. The average Bonchev–Trinajstić information content (AvgIpc) is 2.36. The molecular formula is C13H8Cl3NO2. The molecule has 0 spiro atoms. The zero-order valence-corrected chi connectivity index (χ0v) is 12.1. The summed E-state index contributed by atoms with van der Waals surface area (Å²) in [6.45, 7) is 1.86.